The summed E-state index contributed by atoms with van der Waals surface area (Å²) in [6.07, 6.45) is 13.7. The molecular weight excluding hydrogens is 421 g/mol. The van der Waals surface area contributed by atoms with Crippen LogP contribution in [-0.4, -0.2) is 36.8 Å². The highest BCUT2D eigenvalue weighted by Crippen LogP contribution is 2.25. The molecule has 1 atom stereocenters. The van der Waals surface area contributed by atoms with Crippen molar-refractivity contribution >= 4 is 0 Å². The van der Waals surface area contributed by atoms with E-state index in [1.165, 1.54) is 69.8 Å². The zero-order chi connectivity index (χ0) is 17.7. The lowest BCUT2D eigenvalue weighted by atomic mass is 10.0. The minimum absolute atomic E-state index is 0. The summed E-state index contributed by atoms with van der Waals surface area (Å²) in [5.41, 5.74) is 1.25. The number of aliphatic hydroxyl groups is 1. The van der Waals surface area contributed by atoms with E-state index in [2.05, 4.69) is 45.3 Å². The van der Waals surface area contributed by atoms with Gasteiger partial charge in [-0.2, -0.15) is 0 Å². The number of hydrogen-bond donors (Lipinski definition) is 1. The summed E-state index contributed by atoms with van der Waals surface area (Å²) < 4.78 is 0.873. The van der Waals surface area contributed by atoms with Crippen LogP contribution in [0.5, 0.6) is 0 Å². The first-order valence-electron chi connectivity index (χ1n) is 10.1. The predicted octanol–water partition coefficient (Wildman–Crippen LogP) is 2.72. The molecule has 0 aliphatic carbocycles. The molecule has 1 aromatic carbocycles. The molecule has 0 aliphatic heterocycles. The van der Waals surface area contributed by atoms with Gasteiger partial charge in [-0.05, 0) is 12.8 Å². The Labute approximate surface area is 173 Å². The standard InChI is InChI=1S/C22H40NO.HI/c1-4-5-6-7-8-9-10-11-12-16-19-23(2,3)22(20-24)21-17-14-13-15-18-21;/h13-15,17-18,22,24H,4-12,16,19-20H2,1-3H3;1H/q+1;/p-1/t22-;/m0./s1. The molecule has 3 heteroatoms. The topological polar surface area (TPSA) is 20.2 Å². The first-order valence-corrected chi connectivity index (χ1v) is 10.1. The Balaban J connectivity index is 0.00000576. The van der Waals surface area contributed by atoms with Gasteiger partial charge in [0.2, 0.25) is 0 Å². The molecule has 25 heavy (non-hydrogen) atoms. The summed E-state index contributed by atoms with van der Waals surface area (Å²) in [5.74, 6) is 0. The molecule has 2 nitrogen and oxygen atoms in total. The molecule has 1 N–H and O–H groups in total. The van der Waals surface area contributed by atoms with Crippen molar-refractivity contribution in [1.82, 2.24) is 0 Å². The van der Waals surface area contributed by atoms with E-state index in [0.717, 1.165) is 11.0 Å². The highest BCUT2D eigenvalue weighted by Gasteiger charge is 2.28. The molecule has 146 valence electrons. The van der Waals surface area contributed by atoms with Crippen LogP contribution in [-0.2, 0) is 0 Å². The minimum Gasteiger partial charge on any atom is -1.00 e. The second kappa shape index (κ2) is 15.0. The lowest BCUT2D eigenvalue weighted by Crippen LogP contribution is -3.00. The summed E-state index contributed by atoms with van der Waals surface area (Å²) in [6.45, 7) is 3.63. The van der Waals surface area contributed by atoms with Gasteiger partial charge in [0.05, 0.1) is 27.2 Å². The van der Waals surface area contributed by atoms with Crippen molar-refractivity contribution in [2.24, 2.45) is 0 Å². The van der Waals surface area contributed by atoms with Crippen LogP contribution in [0.3, 0.4) is 0 Å². The van der Waals surface area contributed by atoms with Gasteiger partial charge in [-0.3, -0.25) is 0 Å². The molecule has 0 heterocycles. The summed E-state index contributed by atoms with van der Waals surface area (Å²) in [4.78, 5) is 0. The smallest absolute Gasteiger partial charge is 0.138 e. The third-order valence-electron chi connectivity index (χ3n) is 5.29. The SMILES string of the molecule is CCCCCCCCCCCC[N+](C)(C)[C@@H](CO)c1ccccc1.[I-]. The van der Waals surface area contributed by atoms with Crippen molar-refractivity contribution in [3.63, 3.8) is 0 Å². The normalized spacial score (nSPS) is 12.6. The van der Waals surface area contributed by atoms with Gasteiger partial charge in [-0.1, -0.05) is 88.6 Å². The number of quaternary nitrogens is 1. The van der Waals surface area contributed by atoms with Gasteiger partial charge in [0, 0.05) is 5.56 Å². The van der Waals surface area contributed by atoms with Crippen LogP contribution >= 0.6 is 0 Å². The van der Waals surface area contributed by atoms with Gasteiger partial charge in [-0.25, -0.2) is 0 Å². The van der Waals surface area contributed by atoms with Crippen LogP contribution in [0.25, 0.3) is 0 Å². The first kappa shape index (κ1) is 24.9. The average Bonchev–Trinajstić information content (AvgIpc) is 2.58. The van der Waals surface area contributed by atoms with Gasteiger partial charge in [0.1, 0.15) is 6.04 Å². The van der Waals surface area contributed by atoms with Crippen LogP contribution in [0.4, 0.5) is 0 Å². The second-order valence-corrected chi connectivity index (χ2v) is 7.79. The maximum atomic E-state index is 9.86. The summed E-state index contributed by atoms with van der Waals surface area (Å²) in [5, 5.41) is 9.86. The third-order valence-corrected chi connectivity index (χ3v) is 5.29. The number of likely N-dealkylation sites (N-methyl/N-ethyl adjacent to an activating group) is 1. The van der Waals surface area contributed by atoms with Crippen LogP contribution < -0.4 is 24.0 Å². The minimum atomic E-state index is 0. The Hall–Kier alpha value is -0.130. The van der Waals surface area contributed by atoms with Crippen molar-refractivity contribution in [1.29, 1.82) is 0 Å². The van der Waals surface area contributed by atoms with Crippen LogP contribution in [0.15, 0.2) is 30.3 Å². The molecule has 0 saturated heterocycles. The maximum absolute atomic E-state index is 9.86. The Morgan fingerprint density at radius 1 is 0.800 bits per heavy atom. The number of nitrogens with zero attached hydrogens (tertiary/aromatic N) is 1. The summed E-state index contributed by atoms with van der Waals surface area (Å²) >= 11 is 0. The molecule has 0 saturated carbocycles. The van der Waals surface area contributed by atoms with E-state index in [4.69, 9.17) is 0 Å². The molecule has 0 aliphatic rings. The molecule has 0 unspecified atom stereocenters. The van der Waals surface area contributed by atoms with Gasteiger partial charge in [0.15, 0.2) is 0 Å². The van der Waals surface area contributed by atoms with Crippen LogP contribution in [0, 0.1) is 0 Å². The fourth-order valence-electron chi connectivity index (χ4n) is 3.57. The van der Waals surface area contributed by atoms with E-state index in [-0.39, 0.29) is 36.6 Å². The molecule has 0 amide bonds. The quantitative estimate of drug-likeness (QED) is 0.257. The molecular formula is C22H40INO. The zero-order valence-corrected chi connectivity index (χ0v) is 18.9. The second-order valence-electron chi connectivity index (χ2n) is 7.79. The molecule has 0 fully saturated rings. The van der Waals surface area contributed by atoms with E-state index in [9.17, 15) is 5.11 Å². The van der Waals surface area contributed by atoms with Crippen molar-refractivity contribution in [2.45, 2.75) is 77.2 Å². The van der Waals surface area contributed by atoms with E-state index < -0.39 is 0 Å². The van der Waals surface area contributed by atoms with Gasteiger partial charge in [0.25, 0.3) is 0 Å². The molecule has 0 radical (unpaired) electrons. The third kappa shape index (κ3) is 10.6. The monoisotopic (exact) mass is 461 g/mol. The predicted molar refractivity (Wildman–Crippen MR) is 105 cm³/mol. The van der Waals surface area contributed by atoms with Crippen molar-refractivity contribution in [3.05, 3.63) is 35.9 Å². The highest BCUT2D eigenvalue weighted by molar-refractivity contribution is 5.17. The fraction of sp³-hybridized carbons (Fsp3) is 0.727. The molecule has 1 rings (SSSR count). The lowest BCUT2D eigenvalue weighted by Gasteiger charge is -2.37. The number of hydrogen-bond acceptors (Lipinski definition) is 1. The number of unbranched alkanes of at least 4 members (excludes halogenated alkanes) is 9. The summed E-state index contributed by atoms with van der Waals surface area (Å²) in [6, 6.07) is 10.6. The highest BCUT2D eigenvalue weighted by atomic mass is 127. The van der Waals surface area contributed by atoms with Crippen molar-refractivity contribution in [2.75, 3.05) is 27.2 Å². The van der Waals surface area contributed by atoms with E-state index in [0.29, 0.717) is 0 Å². The van der Waals surface area contributed by atoms with Gasteiger partial charge in [-0.15, -0.1) is 0 Å². The van der Waals surface area contributed by atoms with Crippen molar-refractivity contribution < 1.29 is 33.6 Å². The van der Waals surface area contributed by atoms with Gasteiger partial charge < -0.3 is 33.6 Å². The molecule has 0 bridgehead atoms. The van der Waals surface area contributed by atoms with Gasteiger partial charge >= 0.3 is 0 Å². The Bertz CT molecular complexity index is 408. The van der Waals surface area contributed by atoms with Crippen molar-refractivity contribution in [3.8, 4) is 0 Å². The Kier molecular flexibility index (Phi) is 14.9. The van der Waals surface area contributed by atoms with Crippen LogP contribution in [0.1, 0.15) is 82.7 Å². The number of benzene rings is 1. The van der Waals surface area contributed by atoms with E-state index in [1.807, 2.05) is 6.07 Å². The van der Waals surface area contributed by atoms with E-state index in [1.54, 1.807) is 0 Å². The number of aliphatic hydroxyl groups excluding tert-OH is 1. The first-order chi connectivity index (χ1) is 11.6. The maximum Gasteiger partial charge on any atom is 0.138 e. The summed E-state index contributed by atoms with van der Waals surface area (Å²) in [7, 11) is 4.50. The van der Waals surface area contributed by atoms with E-state index >= 15 is 0 Å². The molecule has 1 aromatic rings. The zero-order valence-electron chi connectivity index (χ0n) is 16.7. The molecule has 0 spiro atoms. The number of rotatable bonds is 14. The number of halogens is 1. The van der Waals surface area contributed by atoms with Crippen LogP contribution in [0.2, 0.25) is 0 Å². The Morgan fingerprint density at radius 3 is 1.76 bits per heavy atom. The fourth-order valence-corrected chi connectivity index (χ4v) is 3.57. The molecule has 0 aromatic heterocycles. The Morgan fingerprint density at radius 2 is 1.28 bits per heavy atom. The largest absolute Gasteiger partial charge is 1.00 e. The lowest BCUT2D eigenvalue weighted by molar-refractivity contribution is -0.921. The average molecular weight is 461 g/mol.